The number of amides is 2. The van der Waals surface area contributed by atoms with Crippen LogP contribution in [0.4, 0.5) is 0 Å². The van der Waals surface area contributed by atoms with Gasteiger partial charge in [-0.25, -0.2) is 4.98 Å². The van der Waals surface area contributed by atoms with Gasteiger partial charge in [-0.05, 0) is 36.2 Å². The second-order valence-corrected chi connectivity index (χ2v) is 8.16. The smallest absolute Gasteiger partial charge is 0.289 e. The summed E-state index contributed by atoms with van der Waals surface area (Å²) in [5, 5.41) is 11.1. The maximum atomic E-state index is 13.4. The molecule has 0 radical (unpaired) electrons. The number of carbonyl (C=O) groups is 2. The van der Waals surface area contributed by atoms with Crippen LogP contribution in [0.2, 0.25) is 5.02 Å². The lowest BCUT2D eigenvalue weighted by atomic mass is 9.85. The van der Waals surface area contributed by atoms with Crippen molar-refractivity contribution >= 4 is 28.9 Å². The van der Waals surface area contributed by atoms with Gasteiger partial charge in [0.15, 0.2) is 0 Å². The monoisotopic (exact) mass is 449 g/mol. The third-order valence-corrected chi connectivity index (χ3v) is 6.04. The summed E-state index contributed by atoms with van der Waals surface area (Å²) in [5.41, 5.74) is 2.34. The molecule has 162 valence electrons. The van der Waals surface area contributed by atoms with Gasteiger partial charge < -0.3 is 19.6 Å². The van der Waals surface area contributed by atoms with E-state index in [9.17, 15) is 9.59 Å². The molecule has 3 aromatic heterocycles. The number of benzene rings is 1. The molecule has 10 heteroatoms. The number of halogens is 1. The van der Waals surface area contributed by atoms with Crippen LogP contribution in [0.15, 0.2) is 61.4 Å². The second kappa shape index (κ2) is 8.43. The predicted octanol–water partition coefficient (Wildman–Crippen LogP) is 2.53. The van der Waals surface area contributed by atoms with Crippen LogP contribution in [0.3, 0.4) is 0 Å². The fraction of sp³-hybridized carbons (Fsp3) is 0.227. The number of rotatable bonds is 4. The summed E-state index contributed by atoms with van der Waals surface area (Å²) in [6.07, 6.45) is 7.22. The van der Waals surface area contributed by atoms with Crippen molar-refractivity contribution in [3.8, 4) is 0 Å². The van der Waals surface area contributed by atoms with Gasteiger partial charge in [-0.2, -0.15) is 0 Å². The number of pyridine rings is 1. The third-order valence-electron chi connectivity index (χ3n) is 5.81. The van der Waals surface area contributed by atoms with Crippen LogP contribution in [-0.2, 0) is 0 Å². The van der Waals surface area contributed by atoms with E-state index in [2.05, 4.69) is 25.5 Å². The molecule has 5 rings (SSSR count). The van der Waals surface area contributed by atoms with Gasteiger partial charge in [-0.15, -0.1) is 10.2 Å². The fourth-order valence-corrected chi connectivity index (χ4v) is 4.47. The Labute approximate surface area is 188 Å². The van der Waals surface area contributed by atoms with Gasteiger partial charge in [-0.1, -0.05) is 23.7 Å². The van der Waals surface area contributed by atoms with E-state index in [4.69, 9.17) is 11.6 Å². The Morgan fingerprint density at radius 2 is 2.12 bits per heavy atom. The fourth-order valence-electron chi connectivity index (χ4n) is 4.27. The normalized spacial score (nSPS) is 18.6. The Hall–Kier alpha value is -3.72. The van der Waals surface area contributed by atoms with Gasteiger partial charge in [0.1, 0.15) is 6.33 Å². The van der Waals surface area contributed by atoms with E-state index in [1.807, 2.05) is 40.9 Å². The lowest BCUT2D eigenvalue weighted by molar-refractivity contribution is 0.0655. The van der Waals surface area contributed by atoms with Crippen molar-refractivity contribution in [3.05, 3.63) is 83.4 Å². The molecule has 0 spiro atoms. The average Bonchev–Trinajstić information content (AvgIpc) is 3.50. The van der Waals surface area contributed by atoms with Crippen molar-refractivity contribution in [2.24, 2.45) is 0 Å². The first-order chi connectivity index (χ1) is 15.6. The van der Waals surface area contributed by atoms with Crippen molar-refractivity contribution in [1.29, 1.82) is 0 Å². The number of aromatic amines is 1. The minimum atomic E-state index is -0.369. The van der Waals surface area contributed by atoms with Crippen molar-refractivity contribution in [3.63, 3.8) is 0 Å². The first-order valence-electron chi connectivity index (χ1n) is 10.2. The van der Waals surface area contributed by atoms with E-state index in [0.717, 1.165) is 11.1 Å². The number of likely N-dealkylation sites (tertiary alicyclic amines) is 1. The molecule has 9 nitrogen and oxygen atoms in total. The number of fused-ring (bicyclic) bond motifs is 1. The van der Waals surface area contributed by atoms with Gasteiger partial charge in [0.05, 0.1) is 29.6 Å². The molecule has 1 aliphatic heterocycles. The van der Waals surface area contributed by atoms with E-state index in [1.54, 1.807) is 23.5 Å². The Kier molecular flexibility index (Phi) is 5.32. The zero-order valence-corrected chi connectivity index (χ0v) is 17.7. The topological polar surface area (TPSA) is 108 Å². The Morgan fingerprint density at radius 3 is 2.94 bits per heavy atom. The number of nitrogens with zero attached hydrogens (tertiary/aromatic N) is 5. The predicted molar refractivity (Wildman–Crippen MR) is 118 cm³/mol. The summed E-state index contributed by atoms with van der Waals surface area (Å²) in [5.74, 6) is -0.344. The SMILES string of the molecule is O=C(N[C@@H]1CN(C(=O)c2cccn3cncc23)CC[C@H]1c1cccc(Cl)c1)c1nnc[nH]1. The minimum absolute atomic E-state index is 0.00428. The van der Waals surface area contributed by atoms with Crippen LogP contribution in [-0.4, -0.2) is 60.4 Å². The Bertz CT molecular complexity index is 1270. The molecule has 1 fully saturated rings. The van der Waals surface area contributed by atoms with Gasteiger partial charge in [0.25, 0.3) is 11.8 Å². The van der Waals surface area contributed by atoms with E-state index < -0.39 is 0 Å². The zero-order valence-electron chi connectivity index (χ0n) is 17.0. The van der Waals surface area contributed by atoms with Crippen LogP contribution in [0.5, 0.6) is 0 Å². The van der Waals surface area contributed by atoms with Gasteiger partial charge in [0, 0.05) is 30.2 Å². The number of hydrogen-bond donors (Lipinski definition) is 2. The molecule has 1 aliphatic rings. The largest absolute Gasteiger partial charge is 0.344 e. The van der Waals surface area contributed by atoms with Gasteiger partial charge >= 0.3 is 0 Å². The third kappa shape index (κ3) is 3.82. The minimum Gasteiger partial charge on any atom is -0.344 e. The summed E-state index contributed by atoms with van der Waals surface area (Å²) in [7, 11) is 0. The van der Waals surface area contributed by atoms with Crippen molar-refractivity contribution < 1.29 is 9.59 Å². The number of imidazole rings is 1. The van der Waals surface area contributed by atoms with Crippen molar-refractivity contribution in [2.75, 3.05) is 13.1 Å². The molecule has 2 amide bonds. The highest BCUT2D eigenvalue weighted by atomic mass is 35.5. The molecular formula is C22H20ClN7O2. The van der Waals surface area contributed by atoms with Gasteiger partial charge in [-0.3, -0.25) is 9.59 Å². The maximum Gasteiger partial charge on any atom is 0.289 e. The first-order valence-corrected chi connectivity index (χ1v) is 10.6. The van der Waals surface area contributed by atoms with Crippen LogP contribution < -0.4 is 5.32 Å². The van der Waals surface area contributed by atoms with Crippen molar-refractivity contribution in [2.45, 2.75) is 18.4 Å². The number of nitrogens with one attached hydrogen (secondary N) is 2. The summed E-state index contributed by atoms with van der Waals surface area (Å²) in [6, 6.07) is 10.9. The average molecular weight is 450 g/mol. The van der Waals surface area contributed by atoms with E-state index in [0.29, 0.717) is 30.1 Å². The molecule has 1 saturated heterocycles. The molecule has 1 aromatic carbocycles. The molecule has 2 atom stereocenters. The Balaban J connectivity index is 1.43. The summed E-state index contributed by atoms with van der Waals surface area (Å²) < 4.78 is 1.81. The quantitative estimate of drug-likeness (QED) is 0.497. The van der Waals surface area contributed by atoms with E-state index in [-0.39, 0.29) is 29.6 Å². The highest BCUT2D eigenvalue weighted by Crippen LogP contribution is 2.31. The molecule has 2 N–H and O–H groups in total. The Morgan fingerprint density at radius 1 is 1.22 bits per heavy atom. The molecule has 32 heavy (non-hydrogen) atoms. The summed E-state index contributed by atoms with van der Waals surface area (Å²) >= 11 is 6.22. The molecule has 4 aromatic rings. The van der Waals surface area contributed by atoms with Crippen LogP contribution in [0, 0.1) is 0 Å². The number of carbonyl (C=O) groups excluding carboxylic acids is 2. The number of piperidine rings is 1. The molecule has 0 unspecified atom stereocenters. The maximum absolute atomic E-state index is 13.4. The van der Waals surface area contributed by atoms with E-state index >= 15 is 0 Å². The van der Waals surface area contributed by atoms with Crippen LogP contribution >= 0.6 is 11.6 Å². The number of H-pyrrole nitrogens is 1. The molecule has 0 bridgehead atoms. The molecular weight excluding hydrogens is 430 g/mol. The van der Waals surface area contributed by atoms with Crippen LogP contribution in [0.1, 0.15) is 38.9 Å². The summed E-state index contributed by atoms with van der Waals surface area (Å²) in [6.45, 7) is 0.908. The standard InChI is InChI=1S/C22H20ClN7O2/c23-15-4-1-3-14(9-15)16-6-8-29(11-18(16)27-21(31)20-25-12-26-28-20)22(32)17-5-2-7-30-13-24-10-19(17)30/h1-5,7,9-10,12-13,16,18H,6,8,11H2,(H,27,31)(H,25,26,28)/t16-,18+/m0/s1. The van der Waals surface area contributed by atoms with Crippen LogP contribution in [0.25, 0.3) is 5.52 Å². The molecule has 0 saturated carbocycles. The zero-order chi connectivity index (χ0) is 22.1. The summed E-state index contributed by atoms with van der Waals surface area (Å²) in [4.78, 5) is 34.7. The number of hydrogen-bond acceptors (Lipinski definition) is 5. The lowest BCUT2D eigenvalue weighted by Gasteiger charge is -2.39. The second-order valence-electron chi connectivity index (χ2n) is 7.73. The first kappa shape index (κ1) is 20.2. The molecule has 0 aliphatic carbocycles. The highest BCUT2D eigenvalue weighted by molar-refractivity contribution is 6.30. The highest BCUT2D eigenvalue weighted by Gasteiger charge is 2.35. The lowest BCUT2D eigenvalue weighted by Crippen LogP contribution is -2.53. The van der Waals surface area contributed by atoms with Crippen molar-refractivity contribution in [1.82, 2.24) is 34.8 Å². The number of aromatic nitrogens is 5. The molecule has 4 heterocycles. The van der Waals surface area contributed by atoms with Gasteiger partial charge in [0.2, 0.25) is 5.82 Å². The van der Waals surface area contributed by atoms with E-state index in [1.165, 1.54) is 6.33 Å².